The van der Waals surface area contributed by atoms with Crippen LogP contribution in [-0.4, -0.2) is 42.6 Å². The first-order valence-electron chi connectivity index (χ1n) is 9.38. The van der Waals surface area contributed by atoms with Crippen molar-refractivity contribution in [2.45, 2.75) is 20.0 Å². The quantitative estimate of drug-likeness (QED) is 0.438. The minimum atomic E-state index is -0.403. The summed E-state index contributed by atoms with van der Waals surface area (Å²) >= 11 is 0. The molecule has 0 aliphatic heterocycles. The van der Waals surface area contributed by atoms with Crippen LogP contribution >= 0.6 is 0 Å². The molecule has 0 fully saturated rings. The van der Waals surface area contributed by atoms with Gasteiger partial charge in [-0.25, -0.2) is 5.43 Å². The van der Waals surface area contributed by atoms with Gasteiger partial charge in [-0.3, -0.25) is 9.89 Å². The van der Waals surface area contributed by atoms with E-state index in [2.05, 4.69) is 20.7 Å². The van der Waals surface area contributed by atoms with Crippen LogP contribution in [0.5, 0.6) is 17.2 Å². The zero-order valence-corrected chi connectivity index (χ0v) is 17.3. The summed E-state index contributed by atoms with van der Waals surface area (Å²) in [5.74, 6) is 1.55. The van der Waals surface area contributed by atoms with Crippen LogP contribution in [0.3, 0.4) is 0 Å². The third kappa shape index (κ3) is 5.16. The van der Waals surface area contributed by atoms with Crippen LogP contribution in [0.2, 0.25) is 0 Å². The predicted octanol–water partition coefficient (Wildman–Crippen LogP) is 3.65. The van der Waals surface area contributed by atoms with Gasteiger partial charge < -0.3 is 14.2 Å². The number of benzene rings is 2. The summed E-state index contributed by atoms with van der Waals surface area (Å²) < 4.78 is 16.3. The molecule has 156 valence electrons. The average Bonchev–Trinajstić information content (AvgIpc) is 3.24. The maximum atomic E-state index is 12.3. The van der Waals surface area contributed by atoms with E-state index in [1.807, 2.05) is 56.3 Å². The van der Waals surface area contributed by atoms with Crippen molar-refractivity contribution in [1.29, 1.82) is 0 Å². The Hall–Kier alpha value is -3.81. The number of carbonyl (C=O) groups is 1. The second-order valence-electron chi connectivity index (χ2n) is 6.67. The molecule has 0 atom stereocenters. The highest BCUT2D eigenvalue weighted by molar-refractivity contribution is 5.94. The molecular formula is C22H24N4O4. The summed E-state index contributed by atoms with van der Waals surface area (Å²) in [6.07, 6.45) is 1.57. The molecule has 0 aliphatic rings. The fourth-order valence-electron chi connectivity index (χ4n) is 2.71. The Kier molecular flexibility index (Phi) is 6.69. The van der Waals surface area contributed by atoms with E-state index in [4.69, 9.17) is 14.2 Å². The van der Waals surface area contributed by atoms with E-state index in [0.29, 0.717) is 22.9 Å². The first-order chi connectivity index (χ1) is 14.5. The molecule has 0 spiro atoms. The van der Waals surface area contributed by atoms with Gasteiger partial charge in [0.1, 0.15) is 11.4 Å². The van der Waals surface area contributed by atoms with E-state index in [-0.39, 0.29) is 11.8 Å². The lowest BCUT2D eigenvalue weighted by atomic mass is 10.1. The molecule has 1 amide bonds. The average molecular weight is 408 g/mol. The van der Waals surface area contributed by atoms with Gasteiger partial charge in [-0.15, -0.1) is 0 Å². The lowest BCUT2D eigenvalue weighted by molar-refractivity contribution is 0.0950. The maximum absolute atomic E-state index is 12.3. The molecule has 0 saturated heterocycles. The monoisotopic (exact) mass is 408 g/mol. The third-order valence-electron chi connectivity index (χ3n) is 4.12. The van der Waals surface area contributed by atoms with Crippen molar-refractivity contribution in [2.75, 3.05) is 14.2 Å². The molecule has 1 heterocycles. The highest BCUT2D eigenvalue weighted by Gasteiger charge is 2.13. The van der Waals surface area contributed by atoms with Crippen molar-refractivity contribution < 1.29 is 19.0 Å². The minimum absolute atomic E-state index is 0.0305. The summed E-state index contributed by atoms with van der Waals surface area (Å²) in [5, 5.41) is 10.9. The molecule has 2 aromatic carbocycles. The summed E-state index contributed by atoms with van der Waals surface area (Å²) in [4.78, 5) is 12.3. The summed E-state index contributed by atoms with van der Waals surface area (Å²) in [6.45, 7) is 3.89. The van der Waals surface area contributed by atoms with Crippen LogP contribution in [-0.2, 0) is 0 Å². The van der Waals surface area contributed by atoms with E-state index >= 15 is 0 Å². The van der Waals surface area contributed by atoms with Gasteiger partial charge in [0.05, 0.1) is 32.2 Å². The Morgan fingerprint density at radius 2 is 1.93 bits per heavy atom. The molecule has 30 heavy (non-hydrogen) atoms. The van der Waals surface area contributed by atoms with Crippen molar-refractivity contribution in [1.82, 2.24) is 15.6 Å². The fraction of sp³-hybridized carbons (Fsp3) is 0.227. The number of methoxy groups -OCH3 is 2. The van der Waals surface area contributed by atoms with Crippen molar-refractivity contribution in [3.05, 3.63) is 59.8 Å². The number of H-pyrrole nitrogens is 1. The standard InChI is InChI=1S/C22H24N4O4/c1-14(2)30-20-9-8-16(11-21(20)29-4)18-12-19(25-24-18)22(27)26-23-13-15-6-5-7-17(10-15)28-3/h5-14H,1-4H3,(H,24,25)(H,26,27)/b23-13+. The Labute approximate surface area is 174 Å². The topological polar surface area (TPSA) is 97.8 Å². The summed E-state index contributed by atoms with van der Waals surface area (Å²) in [5.41, 5.74) is 4.96. The first kappa shape index (κ1) is 20.9. The molecule has 8 heteroatoms. The number of amides is 1. The van der Waals surface area contributed by atoms with Crippen molar-refractivity contribution in [3.8, 4) is 28.5 Å². The van der Waals surface area contributed by atoms with Crippen LogP contribution in [0, 0.1) is 0 Å². The first-order valence-corrected chi connectivity index (χ1v) is 9.38. The smallest absolute Gasteiger partial charge is 0.289 e. The predicted molar refractivity (Wildman–Crippen MR) is 114 cm³/mol. The number of aromatic nitrogens is 2. The molecule has 2 N–H and O–H groups in total. The maximum Gasteiger partial charge on any atom is 0.289 e. The minimum Gasteiger partial charge on any atom is -0.497 e. The van der Waals surface area contributed by atoms with Crippen LogP contribution in [0.25, 0.3) is 11.3 Å². The Morgan fingerprint density at radius 3 is 2.67 bits per heavy atom. The SMILES string of the molecule is COc1cccc(/C=N/NC(=O)c2cc(-c3ccc(OC(C)C)c(OC)c3)n[nH]2)c1. The lowest BCUT2D eigenvalue weighted by Gasteiger charge is -2.14. The second kappa shape index (κ2) is 9.60. The van der Waals surface area contributed by atoms with Gasteiger partial charge in [0, 0.05) is 5.56 Å². The Bertz CT molecular complexity index is 1040. The van der Waals surface area contributed by atoms with Gasteiger partial charge >= 0.3 is 0 Å². The number of carbonyl (C=O) groups excluding carboxylic acids is 1. The Morgan fingerprint density at radius 1 is 1.10 bits per heavy atom. The number of ether oxygens (including phenoxy) is 3. The summed E-state index contributed by atoms with van der Waals surface area (Å²) in [7, 11) is 3.17. The van der Waals surface area contributed by atoms with Crippen LogP contribution in [0.4, 0.5) is 0 Å². The zero-order chi connectivity index (χ0) is 21.5. The highest BCUT2D eigenvalue weighted by Crippen LogP contribution is 2.32. The molecule has 0 radical (unpaired) electrons. The number of hydrogen-bond donors (Lipinski definition) is 2. The van der Waals surface area contributed by atoms with E-state index in [9.17, 15) is 4.79 Å². The lowest BCUT2D eigenvalue weighted by Crippen LogP contribution is -2.18. The molecule has 3 rings (SSSR count). The Balaban J connectivity index is 1.69. The van der Waals surface area contributed by atoms with E-state index in [0.717, 1.165) is 11.1 Å². The van der Waals surface area contributed by atoms with E-state index < -0.39 is 5.91 Å². The normalized spacial score (nSPS) is 11.0. The fourth-order valence-corrected chi connectivity index (χ4v) is 2.71. The largest absolute Gasteiger partial charge is 0.497 e. The van der Waals surface area contributed by atoms with Crippen molar-refractivity contribution in [2.24, 2.45) is 5.10 Å². The molecule has 0 saturated carbocycles. The number of aromatic amines is 1. The molecule has 0 unspecified atom stereocenters. The molecular weight excluding hydrogens is 384 g/mol. The zero-order valence-electron chi connectivity index (χ0n) is 17.3. The van der Waals surface area contributed by atoms with Crippen molar-refractivity contribution in [3.63, 3.8) is 0 Å². The molecule has 0 bridgehead atoms. The highest BCUT2D eigenvalue weighted by atomic mass is 16.5. The van der Waals surface area contributed by atoms with Crippen molar-refractivity contribution >= 4 is 12.1 Å². The van der Waals surface area contributed by atoms with Gasteiger partial charge in [-0.05, 0) is 55.8 Å². The van der Waals surface area contributed by atoms with E-state index in [1.165, 1.54) is 6.21 Å². The second-order valence-corrected chi connectivity index (χ2v) is 6.67. The third-order valence-corrected chi connectivity index (χ3v) is 4.12. The molecule has 1 aromatic heterocycles. The number of rotatable bonds is 8. The van der Waals surface area contributed by atoms with Crippen LogP contribution < -0.4 is 19.6 Å². The number of nitrogens with zero attached hydrogens (tertiary/aromatic N) is 2. The number of nitrogens with one attached hydrogen (secondary N) is 2. The van der Waals surface area contributed by atoms with Crippen LogP contribution in [0.15, 0.2) is 53.6 Å². The van der Waals surface area contributed by atoms with Gasteiger partial charge in [-0.1, -0.05) is 12.1 Å². The molecule has 0 aliphatic carbocycles. The van der Waals surface area contributed by atoms with E-state index in [1.54, 1.807) is 20.3 Å². The number of hydrazone groups is 1. The van der Waals surface area contributed by atoms with Crippen LogP contribution in [0.1, 0.15) is 29.9 Å². The molecule has 8 nitrogen and oxygen atoms in total. The van der Waals surface area contributed by atoms with Gasteiger partial charge in [0.25, 0.3) is 5.91 Å². The molecule has 3 aromatic rings. The van der Waals surface area contributed by atoms with Gasteiger partial charge in [0.15, 0.2) is 11.5 Å². The number of hydrogen-bond acceptors (Lipinski definition) is 6. The summed E-state index contributed by atoms with van der Waals surface area (Å²) in [6, 6.07) is 14.5. The van der Waals surface area contributed by atoms with Gasteiger partial charge in [-0.2, -0.15) is 10.2 Å². The van der Waals surface area contributed by atoms with Gasteiger partial charge in [0.2, 0.25) is 0 Å².